The zero-order valence-corrected chi connectivity index (χ0v) is 16.0. The fourth-order valence-corrected chi connectivity index (χ4v) is 6.60. The van der Waals surface area contributed by atoms with E-state index in [9.17, 15) is 9.59 Å². The van der Waals surface area contributed by atoms with E-state index in [-0.39, 0.29) is 45.6 Å². The third-order valence-corrected chi connectivity index (χ3v) is 7.64. The lowest BCUT2D eigenvalue weighted by Gasteiger charge is -2.40. The Labute approximate surface area is 160 Å². The summed E-state index contributed by atoms with van der Waals surface area (Å²) >= 11 is 18.7. The highest BCUT2D eigenvalue weighted by atomic mass is 35.5. The van der Waals surface area contributed by atoms with Crippen LogP contribution in [0.4, 0.5) is 0 Å². The van der Waals surface area contributed by atoms with Crippen molar-refractivity contribution < 1.29 is 23.8 Å². The lowest BCUT2D eigenvalue weighted by Crippen LogP contribution is -2.57. The van der Waals surface area contributed by atoms with Gasteiger partial charge in [-0.2, -0.15) is 0 Å². The number of alkyl halides is 1. The average Bonchev–Trinajstić information content (AvgIpc) is 2.88. The first-order valence-corrected chi connectivity index (χ1v) is 9.73. The number of Topliss-reactive ketones (excluding diaryl/α,β-unsaturated/α-hetero) is 2. The van der Waals surface area contributed by atoms with Gasteiger partial charge in [-0.25, -0.2) is 0 Å². The average molecular weight is 410 g/mol. The number of ketones is 2. The van der Waals surface area contributed by atoms with E-state index in [0.717, 1.165) is 0 Å². The fraction of sp³-hybridized carbons (Fsp3) is 0.765. The van der Waals surface area contributed by atoms with Crippen LogP contribution in [0, 0.1) is 23.2 Å². The van der Waals surface area contributed by atoms with Gasteiger partial charge >= 0.3 is 0 Å². The molecule has 138 valence electrons. The molecule has 0 unspecified atom stereocenters. The summed E-state index contributed by atoms with van der Waals surface area (Å²) in [6.07, 6.45) is 0.704. The van der Waals surface area contributed by atoms with Crippen LogP contribution in [-0.4, -0.2) is 55.6 Å². The van der Waals surface area contributed by atoms with Crippen LogP contribution in [0.3, 0.4) is 0 Å². The smallest absolute Gasteiger partial charge is 0.209 e. The second-order valence-corrected chi connectivity index (χ2v) is 8.23. The van der Waals surface area contributed by atoms with Crippen molar-refractivity contribution in [2.45, 2.75) is 24.3 Å². The Morgan fingerprint density at radius 3 is 2.28 bits per heavy atom. The van der Waals surface area contributed by atoms with Crippen molar-refractivity contribution in [3.63, 3.8) is 0 Å². The monoisotopic (exact) mass is 408 g/mol. The molecule has 5 rings (SSSR count). The molecule has 25 heavy (non-hydrogen) atoms. The number of halogens is 3. The molecule has 5 nitrogen and oxygen atoms in total. The molecule has 1 spiro atoms. The number of ether oxygens (including phenoxy) is 3. The van der Waals surface area contributed by atoms with Crippen molar-refractivity contribution in [2.75, 3.05) is 33.0 Å². The van der Waals surface area contributed by atoms with Crippen molar-refractivity contribution in [1.82, 2.24) is 0 Å². The van der Waals surface area contributed by atoms with Gasteiger partial charge in [0.2, 0.25) is 5.78 Å². The summed E-state index contributed by atoms with van der Waals surface area (Å²) in [5, 5.41) is -0.654. The minimum atomic E-state index is -1.27. The summed E-state index contributed by atoms with van der Waals surface area (Å²) in [6.45, 7) is 3.99. The van der Waals surface area contributed by atoms with Crippen LogP contribution in [0.2, 0.25) is 0 Å². The van der Waals surface area contributed by atoms with Gasteiger partial charge in [-0.3, -0.25) is 9.59 Å². The van der Waals surface area contributed by atoms with Crippen LogP contribution in [0.15, 0.2) is 10.1 Å². The molecule has 0 heterocycles. The molecule has 6 atom stereocenters. The maximum absolute atomic E-state index is 13.0. The second-order valence-electron chi connectivity index (χ2n) is 6.97. The highest BCUT2D eigenvalue weighted by Crippen LogP contribution is 2.86. The molecule has 8 heteroatoms. The third kappa shape index (κ3) is 2.03. The maximum Gasteiger partial charge on any atom is 0.209 e. The summed E-state index contributed by atoms with van der Waals surface area (Å²) in [5.74, 6) is -0.868. The molecule has 4 bridgehead atoms. The van der Waals surface area contributed by atoms with E-state index in [4.69, 9.17) is 49.0 Å². The molecule has 5 aliphatic rings. The van der Waals surface area contributed by atoms with E-state index in [0.29, 0.717) is 32.8 Å². The van der Waals surface area contributed by atoms with E-state index < -0.39 is 16.8 Å². The molecule has 0 amide bonds. The van der Waals surface area contributed by atoms with Crippen LogP contribution in [-0.2, 0) is 23.8 Å². The SMILES string of the molecule is CCOCCOCCO[C@@]12C(=O)C(Cl)=C(Cl)C(=O)[C@@]13[C@@H]1[C@H](Cl)[C@@H]2C[C@@H]13. The number of hydrogen-bond donors (Lipinski definition) is 0. The van der Waals surface area contributed by atoms with E-state index in [2.05, 4.69) is 0 Å². The molecule has 4 saturated carbocycles. The van der Waals surface area contributed by atoms with Gasteiger partial charge in [0.25, 0.3) is 0 Å². The lowest BCUT2D eigenvalue weighted by molar-refractivity contribution is -0.164. The highest BCUT2D eigenvalue weighted by molar-refractivity contribution is 6.57. The van der Waals surface area contributed by atoms with Crippen LogP contribution in [0.5, 0.6) is 0 Å². The minimum Gasteiger partial charge on any atom is -0.379 e. The summed E-state index contributed by atoms with van der Waals surface area (Å²) < 4.78 is 16.7. The molecule has 0 aromatic carbocycles. The Morgan fingerprint density at radius 1 is 1.00 bits per heavy atom. The Kier molecular flexibility index (Phi) is 4.50. The van der Waals surface area contributed by atoms with Gasteiger partial charge in [0.05, 0.1) is 31.8 Å². The van der Waals surface area contributed by atoms with E-state index >= 15 is 0 Å². The summed E-state index contributed by atoms with van der Waals surface area (Å²) in [4.78, 5) is 25.9. The van der Waals surface area contributed by atoms with Gasteiger partial charge in [-0.05, 0) is 25.2 Å². The first kappa shape index (κ1) is 18.2. The van der Waals surface area contributed by atoms with Crippen LogP contribution in [0.25, 0.3) is 0 Å². The normalized spacial score (nSPS) is 43.8. The Bertz CT molecular complexity index is 665. The number of hydrogen-bond acceptors (Lipinski definition) is 5. The van der Waals surface area contributed by atoms with Crippen molar-refractivity contribution >= 4 is 46.4 Å². The Morgan fingerprint density at radius 2 is 1.64 bits per heavy atom. The van der Waals surface area contributed by atoms with E-state index in [1.807, 2.05) is 6.92 Å². The van der Waals surface area contributed by atoms with Crippen molar-refractivity contribution in [3.05, 3.63) is 10.1 Å². The second kappa shape index (κ2) is 6.18. The first-order valence-electron chi connectivity index (χ1n) is 8.54. The summed E-state index contributed by atoms with van der Waals surface area (Å²) in [5.41, 5.74) is -2.19. The summed E-state index contributed by atoms with van der Waals surface area (Å²) in [7, 11) is 0. The molecular weight excluding hydrogens is 391 g/mol. The number of carbonyl (C=O) groups is 2. The Hall–Kier alpha value is -0.170. The minimum absolute atomic E-state index is 0.0481. The zero-order chi connectivity index (χ0) is 18.0. The standard InChI is InChI=1S/C17H19Cl3O5/c1-2-23-3-4-24-5-6-25-17-9-7-8-10(11(9)18)16(8,17)14(21)12(19)13(20)15(17)22/h8-11H,2-7H2,1H3/t8-,9-,10-,11+,16+,17-/m0/s1. The van der Waals surface area contributed by atoms with Gasteiger partial charge in [-0.15, -0.1) is 11.6 Å². The largest absolute Gasteiger partial charge is 0.379 e. The molecule has 0 saturated heterocycles. The zero-order valence-electron chi connectivity index (χ0n) is 13.7. The predicted molar refractivity (Wildman–Crippen MR) is 91.9 cm³/mol. The third-order valence-electron chi connectivity index (χ3n) is 6.25. The summed E-state index contributed by atoms with van der Waals surface area (Å²) in [6, 6.07) is 0. The molecule has 0 aromatic rings. The van der Waals surface area contributed by atoms with Gasteiger partial charge in [0, 0.05) is 17.9 Å². The van der Waals surface area contributed by atoms with Gasteiger partial charge in [0.15, 0.2) is 5.78 Å². The van der Waals surface area contributed by atoms with Crippen molar-refractivity contribution in [1.29, 1.82) is 0 Å². The fourth-order valence-electron chi connectivity index (χ4n) is 5.47. The first-order chi connectivity index (χ1) is 12.0. The predicted octanol–water partition coefficient (Wildman–Crippen LogP) is 2.51. The van der Waals surface area contributed by atoms with Crippen molar-refractivity contribution in [3.8, 4) is 0 Å². The van der Waals surface area contributed by atoms with Gasteiger partial charge < -0.3 is 14.2 Å². The number of allylic oxidation sites excluding steroid dienone is 1. The molecule has 4 fully saturated rings. The maximum atomic E-state index is 13.0. The van der Waals surface area contributed by atoms with Crippen molar-refractivity contribution in [2.24, 2.45) is 23.2 Å². The molecular formula is C17H19Cl3O5. The molecule has 0 N–H and O–H groups in total. The number of carbonyl (C=O) groups excluding carboxylic acids is 2. The molecule has 0 aromatic heterocycles. The molecule has 0 aliphatic heterocycles. The highest BCUT2D eigenvalue weighted by Gasteiger charge is 2.95. The number of rotatable bonds is 8. The Balaban J connectivity index is 1.53. The molecule has 0 radical (unpaired) electrons. The lowest BCUT2D eigenvalue weighted by atomic mass is 9.73. The van der Waals surface area contributed by atoms with E-state index in [1.54, 1.807) is 0 Å². The quantitative estimate of drug-likeness (QED) is 0.455. The van der Waals surface area contributed by atoms with Gasteiger partial charge in [0.1, 0.15) is 15.7 Å². The van der Waals surface area contributed by atoms with E-state index in [1.165, 1.54) is 0 Å². The molecule has 5 aliphatic carbocycles. The van der Waals surface area contributed by atoms with Gasteiger partial charge in [-0.1, -0.05) is 23.2 Å². The van der Waals surface area contributed by atoms with Crippen LogP contribution >= 0.6 is 34.8 Å². The topological polar surface area (TPSA) is 61.8 Å². The van der Waals surface area contributed by atoms with Crippen LogP contribution in [0.1, 0.15) is 13.3 Å². The van der Waals surface area contributed by atoms with Crippen LogP contribution < -0.4 is 0 Å².